The number of ether oxygens (including phenoxy) is 3. The molecule has 7 nitrogen and oxygen atoms in total. The molecule has 2 aromatic rings. The van der Waals surface area contributed by atoms with Crippen molar-refractivity contribution in [2.24, 2.45) is 28.6 Å². The van der Waals surface area contributed by atoms with Gasteiger partial charge in [-0.25, -0.2) is 14.4 Å². The van der Waals surface area contributed by atoms with E-state index in [2.05, 4.69) is 13.8 Å². The summed E-state index contributed by atoms with van der Waals surface area (Å²) in [6, 6.07) is 12.8. The molecule has 0 radical (unpaired) electrons. The average Bonchev–Trinajstić information content (AvgIpc) is 3.62. The van der Waals surface area contributed by atoms with E-state index in [1.165, 1.54) is 0 Å². The van der Waals surface area contributed by atoms with Crippen molar-refractivity contribution < 1.29 is 28.2 Å². The summed E-state index contributed by atoms with van der Waals surface area (Å²) >= 11 is 0. The molecule has 212 valence electrons. The standard InChI is InChI=1S/C33H38O7/c1-31-14-12-23(39-30(36)29(35)38-18-20-6-4-3-5-7-20)16-22(31)9-10-25-24(31)13-15-32(2)26(17-27-33(25,32)40-27)21-8-11-28(34)37-19-21/h3-8,11,19,22-27H,9-10,12-18H2,1-2H3/t22-,23+,24+,25-,26-,27-,31+,32-,33-/m1/s1. The van der Waals surface area contributed by atoms with Crippen molar-refractivity contribution in [1.82, 2.24) is 0 Å². The van der Waals surface area contributed by atoms with Crippen LogP contribution in [-0.2, 0) is 30.4 Å². The lowest BCUT2D eigenvalue weighted by Crippen LogP contribution is -2.58. The summed E-state index contributed by atoms with van der Waals surface area (Å²) in [5.74, 6) is 0.0955. The SMILES string of the molecule is C[C@]12CC[C@H](OC(=O)C(=O)OCc3ccccc3)C[C@H]1CC[C@@H]1[C@@H]2CC[C@]2(C)[C@@H](c3ccc(=O)oc3)C[C@H]3O[C@]132. The molecule has 1 spiro atoms. The molecule has 0 unspecified atom stereocenters. The first-order chi connectivity index (χ1) is 19.2. The highest BCUT2D eigenvalue weighted by atomic mass is 16.6. The third-order valence-electron chi connectivity index (χ3n) is 11.8. The van der Waals surface area contributed by atoms with E-state index in [1.54, 1.807) is 12.3 Å². The van der Waals surface area contributed by atoms with E-state index in [-0.39, 0.29) is 40.9 Å². The first kappa shape index (κ1) is 26.0. The van der Waals surface area contributed by atoms with Gasteiger partial charge in [0.25, 0.3) is 0 Å². The van der Waals surface area contributed by atoms with E-state index in [0.29, 0.717) is 23.7 Å². The lowest BCUT2D eigenvalue weighted by atomic mass is 9.44. The van der Waals surface area contributed by atoms with Crippen LogP contribution in [0.2, 0.25) is 0 Å². The summed E-state index contributed by atoms with van der Waals surface area (Å²) in [4.78, 5) is 36.4. The second kappa shape index (κ2) is 9.30. The van der Waals surface area contributed by atoms with Crippen LogP contribution in [0.1, 0.15) is 82.3 Å². The van der Waals surface area contributed by atoms with Crippen molar-refractivity contribution in [2.75, 3.05) is 0 Å². The van der Waals surface area contributed by atoms with Crippen LogP contribution in [0.3, 0.4) is 0 Å². The summed E-state index contributed by atoms with van der Waals surface area (Å²) in [6.45, 7) is 4.93. The fourth-order valence-corrected chi connectivity index (χ4v) is 9.81. The zero-order valence-corrected chi connectivity index (χ0v) is 23.3. The van der Waals surface area contributed by atoms with Crippen LogP contribution < -0.4 is 5.63 Å². The summed E-state index contributed by atoms with van der Waals surface area (Å²) < 4.78 is 22.8. The van der Waals surface area contributed by atoms with Gasteiger partial charge in [-0.05, 0) is 97.6 Å². The van der Waals surface area contributed by atoms with Gasteiger partial charge in [0.1, 0.15) is 18.3 Å². The fourth-order valence-electron chi connectivity index (χ4n) is 9.81. The van der Waals surface area contributed by atoms with Gasteiger partial charge in [0, 0.05) is 11.5 Å². The summed E-state index contributed by atoms with van der Waals surface area (Å²) in [5.41, 5.74) is 1.78. The Hall–Kier alpha value is -2.93. The number of hydrogen-bond donors (Lipinski definition) is 0. The fraction of sp³-hybridized carbons (Fsp3) is 0.606. The Kier molecular flexibility index (Phi) is 6.04. The number of esters is 2. The molecule has 5 fully saturated rings. The quantitative estimate of drug-likeness (QED) is 0.282. The summed E-state index contributed by atoms with van der Waals surface area (Å²) in [7, 11) is 0. The minimum absolute atomic E-state index is 0.0365. The predicted molar refractivity (Wildman–Crippen MR) is 145 cm³/mol. The van der Waals surface area contributed by atoms with Crippen LogP contribution >= 0.6 is 0 Å². The highest BCUT2D eigenvalue weighted by molar-refractivity contribution is 6.29. The molecule has 0 N–H and O–H groups in total. The van der Waals surface area contributed by atoms with Crippen molar-refractivity contribution in [3.05, 3.63) is 70.3 Å². The summed E-state index contributed by atoms with van der Waals surface area (Å²) in [6.07, 6.45) is 9.72. The minimum Gasteiger partial charge on any atom is -0.454 e. The van der Waals surface area contributed by atoms with Crippen LogP contribution in [0, 0.1) is 28.6 Å². The number of epoxide rings is 1. The van der Waals surface area contributed by atoms with Crippen LogP contribution in [-0.4, -0.2) is 29.7 Å². The monoisotopic (exact) mass is 546 g/mol. The van der Waals surface area contributed by atoms with Crippen LogP contribution in [0.15, 0.2) is 57.9 Å². The maximum absolute atomic E-state index is 12.5. The second-order valence-electron chi connectivity index (χ2n) is 13.4. The molecular weight excluding hydrogens is 508 g/mol. The van der Waals surface area contributed by atoms with E-state index in [9.17, 15) is 14.4 Å². The average molecular weight is 547 g/mol. The van der Waals surface area contributed by atoms with E-state index in [4.69, 9.17) is 18.6 Å². The molecule has 40 heavy (non-hydrogen) atoms. The third kappa shape index (κ3) is 3.83. The normalized spacial score (nSPS) is 41.0. The van der Waals surface area contributed by atoms with Crippen molar-refractivity contribution in [3.8, 4) is 0 Å². The molecule has 1 aliphatic heterocycles. The molecule has 1 aromatic heterocycles. The highest BCUT2D eigenvalue weighted by Gasteiger charge is 2.80. The van der Waals surface area contributed by atoms with Gasteiger partial charge in [-0.2, -0.15) is 0 Å². The van der Waals surface area contributed by atoms with E-state index in [0.717, 1.165) is 62.5 Å². The number of hydrogen-bond acceptors (Lipinski definition) is 7. The first-order valence-corrected chi connectivity index (χ1v) is 14.9. The molecule has 5 aliphatic rings. The topological polar surface area (TPSA) is 95.3 Å². The van der Waals surface area contributed by atoms with Crippen LogP contribution in [0.4, 0.5) is 0 Å². The van der Waals surface area contributed by atoms with Gasteiger partial charge in [-0.1, -0.05) is 44.2 Å². The lowest BCUT2D eigenvalue weighted by molar-refractivity contribution is -0.178. The first-order valence-electron chi connectivity index (χ1n) is 14.9. The van der Waals surface area contributed by atoms with Crippen LogP contribution in [0.25, 0.3) is 0 Å². The Morgan fingerprint density at radius 2 is 1.75 bits per heavy atom. The number of benzene rings is 1. The van der Waals surface area contributed by atoms with E-state index >= 15 is 0 Å². The van der Waals surface area contributed by atoms with Gasteiger partial charge >= 0.3 is 17.6 Å². The van der Waals surface area contributed by atoms with Gasteiger partial charge in [0.05, 0.1) is 12.4 Å². The molecule has 1 aromatic carbocycles. The van der Waals surface area contributed by atoms with Gasteiger partial charge < -0.3 is 18.6 Å². The number of fused-ring (bicyclic) bond motifs is 3. The molecule has 1 saturated heterocycles. The Morgan fingerprint density at radius 3 is 2.52 bits per heavy atom. The smallest absolute Gasteiger partial charge is 0.417 e. The molecule has 7 rings (SSSR count). The second-order valence-corrected chi connectivity index (χ2v) is 13.4. The van der Waals surface area contributed by atoms with Crippen molar-refractivity contribution in [2.45, 2.75) is 95.5 Å². The van der Waals surface area contributed by atoms with Crippen LogP contribution in [0.5, 0.6) is 0 Å². The highest BCUT2D eigenvalue weighted by Crippen LogP contribution is 2.78. The maximum Gasteiger partial charge on any atom is 0.417 e. The Morgan fingerprint density at radius 1 is 0.925 bits per heavy atom. The Balaban J connectivity index is 1.01. The molecule has 4 saturated carbocycles. The summed E-state index contributed by atoms with van der Waals surface area (Å²) in [5, 5.41) is 0. The molecule has 0 bridgehead atoms. The largest absolute Gasteiger partial charge is 0.454 e. The van der Waals surface area contributed by atoms with Gasteiger partial charge in [0.15, 0.2) is 0 Å². The predicted octanol–water partition coefficient (Wildman–Crippen LogP) is 5.55. The zero-order chi connectivity index (χ0) is 27.7. The number of carbonyl (C=O) groups is 2. The minimum atomic E-state index is -0.919. The van der Waals surface area contributed by atoms with Crippen molar-refractivity contribution in [3.63, 3.8) is 0 Å². The molecule has 9 atom stereocenters. The maximum atomic E-state index is 12.5. The lowest BCUT2D eigenvalue weighted by Gasteiger charge is -2.61. The van der Waals surface area contributed by atoms with Gasteiger partial charge in [-0.15, -0.1) is 0 Å². The molecule has 2 heterocycles. The Labute approximate surface area is 234 Å². The molecule has 7 heteroatoms. The molecule has 0 amide bonds. The van der Waals surface area contributed by atoms with E-state index < -0.39 is 11.9 Å². The van der Waals surface area contributed by atoms with Crippen molar-refractivity contribution >= 4 is 11.9 Å². The third-order valence-corrected chi connectivity index (χ3v) is 11.8. The molecular formula is C33H38O7. The van der Waals surface area contributed by atoms with Gasteiger partial charge in [0.2, 0.25) is 0 Å². The Bertz CT molecular complexity index is 1350. The zero-order valence-electron chi connectivity index (χ0n) is 23.3. The van der Waals surface area contributed by atoms with E-state index in [1.807, 2.05) is 36.4 Å². The van der Waals surface area contributed by atoms with Crippen molar-refractivity contribution in [1.29, 1.82) is 0 Å². The van der Waals surface area contributed by atoms with Gasteiger partial charge in [-0.3, -0.25) is 0 Å². The molecule has 4 aliphatic carbocycles. The number of carbonyl (C=O) groups excluding carboxylic acids is 2. The number of rotatable bonds is 4.